The van der Waals surface area contributed by atoms with Crippen LogP contribution < -0.4 is 0 Å². The number of rotatable bonds is 4. The van der Waals surface area contributed by atoms with E-state index in [0.29, 0.717) is 16.7 Å². The molecular weight excluding hydrogens is 452 g/mol. The fourth-order valence-corrected chi connectivity index (χ4v) is 6.72. The van der Waals surface area contributed by atoms with Crippen LogP contribution in [0.2, 0.25) is 0 Å². The lowest BCUT2D eigenvalue weighted by Crippen LogP contribution is -2.32. The fourth-order valence-electron chi connectivity index (χ4n) is 6.72. The van der Waals surface area contributed by atoms with Gasteiger partial charge in [-0.05, 0) is 103 Å². The topological polar surface area (TPSA) is 26.0 Å². The molecule has 2 heterocycles. The first-order valence-corrected chi connectivity index (χ1v) is 13.0. The maximum absolute atomic E-state index is 13.8. The van der Waals surface area contributed by atoms with Gasteiger partial charge in [-0.1, -0.05) is 31.0 Å². The molecule has 36 heavy (non-hydrogen) atoms. The van der Waals surface area contributed by atoms with Crippen molar-refractivity contribution in [3.8, 4) is 22.4 Å². The number of hydrogen-bond donors (Lipinski definition) is 0. The summed E-state index contributed by atoms with van der Waals surface area (Å²) >= 11 is 0. The summed E-state index contributed by atoms with van der Waals surface area (Å²) < 4.78 is 33.9. The van der Waals surface area contributed by atoms with Gasteiger partial charge in [0.25, 0.3) is 0 Å². The number of halogens is 2. The standard InChI is InChI=1S/C32H27F2NO/c33-25-15-24(16-26(34)18-25)22-8-9-27-28-2-1-3-29(32(28)36-31(27)17-22)30-14-20(10-11-35-30)13-23-12-19-4-6-21(23)7-5-19/h1-3,8-11,14-19,21,23H,4-7,12-13H2. The molecule has 0 radical (unpaired) electrons. The average molecular weight is 480 g/mol. The van der Waals surface area contributed by atoms with E-state index in [2.05, 4.69) is 24.3 Å². The summed E-state index contributed by atoms with van der Waals surface area (Å²) in [4.78, 5) is 4.71. The zero-order valence-corrected chi connectivity index (χ0v) is 20.0. The van der Waals surface area contributed by atoms with Crippen LogP contribution >= 0.6 is 0 Å². The van der Waals surface area contributed by atoms with Crippen molar-refractivity contribution in [3.05, 3.63) is 90.1 Å². The fraction of sp³-hybridized carbons (Fsp3) is 0.281. The molecule has 0 spiro atoms. The van der Waals surface area contributed by atoms with E-state index >= 15 is 0 Å². The van der Waals surface area contributed by atoms with Crippen molar-refractivity contribution in [1.82, 2.24) is 4.98 Å². The molecule has 1 atom stereocenters. The van der Waals surface area contributed by atoms with E-state index < -0.39 is 11.6 Å². The predicted molar refractivity (Wildman–Crippen MR) is 140 cm³/mol. The lowest BCUT2D eigenvalue weighted by atomic mass is 9.63. The number of aromatic nitrogens is 1. The second-order valence-corrected chi connectivity index (χ2v) is 10.7. The number of hydrogen-bond acceptors (Lipinski definition) is 2. The predicted octanol–water partition coefficient (Wildman–Crippen LogP) is 8.96. The quantitative estimate of drug-likeness (QED) is 0.257. The van der Waals surface area contributed by atoms with Gasteiger partial charge in [-0.2, -0.15) is 0 Å². The number of nitrogens with zero attached hydrogens (tertiary/aromatic N) is 1. The molecule has 3 aliphatic carbocycles. The molecule has 3 fully saturated rings. The van der Waals surface area contributed by atoms with E-state index in [1.54, 1.807) is 0 Å². The maximum atomic E-state index is 13.8. The van der Waals surface area contributed by atoms with Gasteiger partial charge in [-0.3, -0.25) is 4.98 Å². The summed E-state index contributed by atoms with van der Waals surface area (Å²) in [5, 5.41) is 1.98. The van der Waals surface area contributed by atoms with Gasteiger partial charge < -0.3 is 4.42 Å². The first kappa shape index (κ1) is 21.7. The number of benzene rings is 3. The van der Waals surface area contributed by atoms with Gasteiger partial charge in [0.1, 0.15) is 22.8 Å². The summed E-state index contributed by atoms with van der Waals surface area (Å²) in [6.07, 6.45) is 10.1. The second-order valence-electron chi connectivity index (χ2n) is 10.7. The molecule has 2 aromatic heterocycles. The third kappa shape index (κ3) is 3.80. The summed E-state index contributed by atoms with van der Waals surface area (Å²) in [5.41, 5.74) is 5.91. The van der Waals surface area contributed by atoms with Crippen molar-refractivity contribution >= 4 is 21.9 Å². The van der Waals surface area contributed by atoms with Crippen LogP contribution in [-0.4, -0.2) is 4.98 Å². The first-order valence-electron chi connectivity index (χ1n) is 13.0. The van der Waals surface area contributed by atoms with Crippen LogP contribution in [0, 0.1) is 29.4 Å². The molecule has 8 rings (SSSR count). The number of para-hydroxylation sites is 1. The molecule has 1 unspecified atom stereocenters. The first-order chi connectivity index (χ1) is 17.6. The van der Waals surface area contributed by atoms with Crippen LogP contribution in [0.4, 0.5) is 8.78 Å². The van der Waals surface area contributed by atoms with Gasteiger partial charge >= 0.3 is 0 Å². The van der Waals surface area contributed by atoms with Gasteiger partial charge in [0, 0.05) is 28.6 Å². The molecule has 2 nitrogen and oxygen atoms in total. The highest BCUT2D eigenvalue weighted by Crippen LogP contribution is 2.46. The molecule has 3 aromatic carbocycles. The third-order valence-corrected chi connectivity index (χ3v) is 8.49. The third-order valence-electron chi connectivity index (χ3n) is 8.49. The van der Waals surface area contributed by atoms with E-state index in [1.807, 2.05) is 30.5 Å². The largest absolute Gasteiger partial charge is 0.455 e. The molecular formula is C32H27F2NO. The minimum absolute atomic E-state index is 0.487. The van der Waals surface area contributed by atoms with Gasteiger partial charge in [-0.25, -0.2) is 8.78 Å². The molecule has 3 aliphatic rings. The van der Waals surface area contributed by atoms with Crippen molar-refractivity contribution in [2.75, 3.05) is 0 Å². The normalized spacial score (nSPS) is 21.4. The lowest BCUT2D eigenvalue weighted by molar-refractivity contribution is 0.0991. The van der Waals surface area contributed by atoms with Crippen molar-refractivity contribution in [2.45, 2.75) is 38.5 Å². The van der Waals surface area contributed by atoms with E-state index in [1.165, 1.54) is 49.8 Å². The SMILES string of the molecule is Fc1cc(F)cc(-c2ccc3c(c2)oc2c(-c4cc(CC5CC6CCC5CC6)ccn4)cccc23)c1. The van der Waals surface area contributed by atoms with Crippen LogP contribution in [0.5, 0.6) is 0 Å². The molecule has 0 aliphatic heterocycles. The van der Waals surface area contributed by atoms with Gasteiger partial charge in [0.2, 0.25) is 0 Å². The Balaban J connectivity index is 1.26. The van der Waals surface area contributed by atoms with Gasteiger partial charge in [0.05, 0.1) is 5.69 Å². The Kier molecular flexibility index (Phi) is 5.16. The minimum atomic E-state index is -0.594. The lowest BCUT2D eigenvalue weighted by Gasteiger charge is -2.42. The van der Waals surface area contributed by atoms with E-state index in [0.717, 1.165) is 57.9 Å². The molecule has 0 amide bonds. The van der Waals surface area contributed by atoms with Crippen LogP contribution in [0.15, 0.2) is 77.3 Å². The smallest absolute Gasteiger partial charge is 0.144 e. The minimum Gasteiger partial charge on any atom is -0.455 e. The Labute approximate surface area is 209 Å². The summed E-state index contributed by atoms with van der Waals surface area (Å²) in [7, 11) is 0. The highest BCUT2D eigenvalue weighted by atomic mass is 19.1. The van der Waals surface area contributed by atoms with Crippen LogP contribution in [0.1, 0.15) is 37.7 Å². The van der Waals surface area contributed by atoms with Crippen LogP contribution in [0.25, 0.3) is 44.3 Å². The molecule has 3 saturated carbocycles. The number of fused-ring (bicyclic) bond motifs is 6. The Morgan fingerprint density at radius 2 is 1.64 bits per heavy atom. The molecule has 2 bridgehead atoms. The Morgan fingerprint density at radius 1 is 0.806 bits per heavy atom. The van der Waals surface area contributed by atoms with E-state index in [9.17, 15) is 8.78 Å². The summed E-state index contributed by atoms with van der Waals surface area (Å²) in [5.74, 6) is 1.42. The van der Waals surface area contributed by atoms with Crippen LogP contribution in [0.3, 0.4) is 0 Å². The van der Waals surface area contributed by atoms with Crippen molar-refractivity contribution in [3.63, 3.8) is 0 Å². The average Bonchev–Trinajstić information content (AvgIpc) is 3.27. The summed E-state index contributed by atoms with van der Waals surface area (Å²) in [6, 6.07) is 19.8. The van der Waals surface area contributed by atoms with Crippen LogP contribution in [-0.2, 0) is 6.42 Å². The molecule has 0 saturated heterocycles. The highest BCUT2D eigenvalue weighted by Gasteiger charge is 2.35. The second kappa shape index (κ2) is 8.55. The monoisotopic (exact) mass is 479 g/mol. The number of furan rings is 1. The van der Waals surface area contributed by atoms with Crippen molar-refractivity contribution in [1.29, 1.82) is 0 Å². The Morgan fingerprint density at radius 3 is 2.42 bits per heavy atom. The van der Waals surface area contributed by atoms with Crippen molar-refractivity contribution in [2.24, 2.45) is 17.8 Å². The number of pyridine rings is 1. The Bertz CT molecular complexity index is 1570. The maximum Gasteiger partial charge on any atom is 0.144 e. The van der Waals surface area contributed by atoms with Gasteiger partial charge in [-0.15, -0.1) is 0 Å². The summed E-state index contributed by atoms with van der Waals surface area (Å²) in [6.45, 7) is 0. The molecule has 180 valence electrons. The zero-order chi connectivity index (χ0) is 24.2. The zero-order valence-electron chi connectivity index (χ0n) is 20.0. The highest BCUT2D eigenvalue weighted by molar-refractivity contribution is 6.10. The van der Waals surface area contributed by atoms with E-state index in [-0.39, 0.29) is 0 Å². The molecule has 5 aromatic rings. The molecule has 4 heteroatoms. The van der Waals surface area contributed by atoms with Gasteiger partial charge in [0.15, 0.2) is 0 Å². The molecule has 0 N–H and O–H groups in total. The van der Waals surface area contributed by atoms with E-state index in [4.69, 9.17) is 9.40 Å². The Hall–Kier alpha value is -3.53. The van der Waals surface area contributed by atoms with Crippen molar-refractivity contribution < 1.29 is 13.2 Å².